The number of hydrogen-bond acceptors (Lipinski definition) is 8. The number of nitrogens with zero attached hydrogens (tertiary/aromatic N) is 2. The molecule has 14 heteroatoms. The van der Waals surface area contributed by atoms with E-state index in [2.05, 4.69) is 70.2 Å². The smallest absolute Gasteiger partial charge is 0.167 e. The van der Waals surface area contributed by atoms with Crippen molar-refractivity contribution < 1.29 is 0 Å². The number of aromatic nitrogens is 2. The molecule has 4 heterocycles. The Hall–Kier alpha value is -0.480. The quantitative estimate of drug-likeness (QED) is 0.0780. The summed E-state index contributed by atoms with van der Waals surface area (Å²) < 4.78 is 6.06. The van der Waals surface area contributed by atoms with E-state index in [4.69, 9.17) is 74.1 Å². The lowest BCUT2D eigenvalue weighted by Crippen LogP contribution is -2.46. The van der Waals surface area contributed by atoms with Crippen molar-refractivity contribution in [2.24, 2.45) is 10.8 Å². The molecule has 0 amide bonds. The van der Waals surface area contributed by atoms with E-state index in [1.54, 1.807) is 0 Å². The number of nitrogens with one attached hydrogen (secondary N) is 4. The van der Waals surface area contributed by atoms with E-state index in [1.165, 1.54) is 20.9 Å². The Morgan fingerprint density at radius 3 is 1.53 bits per heavy atom. The van der Waals surface area contributed by atoms with Crippen molar-refractivity contribution in [3.05, 3.63) is 32.5 Å². The summed E-state index contributed by atoms with van der Waals surface area (Å²) in [6.07, 6.45) is 3.98. The molecule has 2 aromatic rings. The van der Waals surface area contributed by atoms with Crippen LogP contribution in [0.2, 0.25) is 0 Å². The van der Waals surface area contributed by atoms with Crippen LogP contribution in [-0.2, 0) is 25.9 Å². The zero-order chi connectivity index (χ0) is 31.4. The van der Waals surface area contributed by atoms with Crippen LogP contribution in [0, 0.1) is 20.1 Å². The standard InChI is InChI=1S/C29H42N6S8/c1-28(2,15-34-22(36)13-20-18(24(34)38)5-11-42-20)7-9-30-26(40)32-17-33-27(41)31-10-8-29(3,4)16-35-23(37)14-21-19(25(35)39)6-12-43-21/h13-14,38-39H,5-12,15-17H2,1-4H3,(H2,30,32,40)(H2,31,33,41). The minimum absolute atomic E-state index is 0.0231. The number of rotatable bonds is 12. The Labute approximate surface area is 296 Å². The minimum Gasteiger partial charge on any atom is -0.363 e. The molecule has 0 aliphatic carbocycles. The Bertz CT molecular complexity index is 1370. The van der Waals surface area contributed by atoms with Gasteiger partial charge in [-0.2, -0.15) is 0 Å². The summed E-state index contributed by atoms with van der Waals surface area (Å²) in [5, 5.41) is 16.2. The number of thiol groups is 2. The molecule has 0 bridgehead atoms. The maximum atomic E-state index is 5.69. The molecule has 2 aromatic heterocycles. The van der Waals surface area contributed by atoms with Crippen molar-refractivity contribution in [1.29, 1.82) is 0 Å². The van der Waals surface area contributed by atoms with Gasteiger partial charge in [0.05, 0.1) is 16.7 Å². The van der Waals surface area contributed by atoms with Crippen molar-refractivity contribution in [3.8, 4) is 0 Å². The van der Waals surface area contributed by atoms with Crippen LogP contribution in [0.15, 0.2) is 32.0 Å². The Balaban J connectivity index is 1.12. The fraction of sp³-hybridized carbons (Fsp3) is 0.586. The zero-order valence-corrected chi connectivity index (χ0v) is 31.9. The van der Waals surface area contributed by atoms with Gasteiger partial charge in [0.15, 0.2) is 10.2 Å². The summed E-state index contributed by atoms with van der Waals surface area (Å²) in [5.74, 6) is 2.21. The van der Waals surface area contributed by atoms with Crippen molar-refractivity contribution in [3.63, 3.8) is 0 Å². The molecule has 0 saturated heterocycles. The summed E-state index contributed by atoms with van der Waals surface area (Å²) >= 11 is 35.8. The van der Waals surface area contributed by atoms with Crippen molar-refractivity contribution in [2.45, 2.75) is 86.3 Å². The number of thioether (sulfide) groups is 2. The highest BCUT2D eigenvalue weighted by molar-refractivity contribution is 8.00. The molecule has 0 aromatic carbocycles. The third-order valence-electron chi connectivity index (χ3n) is 7.75. The van der Waals surface area contributed by atoms with Gasteiger partial charge in [0.1, 0.15) is 9.28 Å². The predicted molar refractivity (Wildman–Crippen MR) is 203 cm³/mol. The van der Waals surface area contributed by atoms with Gasteiger partial charge in [0.2, 0.25) is 0 Å². The van der Waals surface area contributed by atoms with Crippen LogP contribution in [0.5, 0.6) is 0 Å². The number of pyridine rings is 2. The van der Waals surface area contributed by atoms with E-state index < -0.39 is 0 Å². The van der Waals surface area contributed by atoms with Gasteiger partial charge in [-0.3, -0.25) is 0 Å². The van der Waals surface area contributed by atoms with Crippen LogP contribution >= 0.6 is 97.7 Å². The second-order valence-corrected chi connectivity index (χ2v) is 17.3. The lowest BCUT2D eigenvalue weighted by Gasteiger charge is -2.28. The molecule has 0 unspecified atom stereocenters. The molecule has 0 atom stereocenters. The number of hydrogen-bond donors (Lipinski definition) is 6. The molecule has 6 nitrogen and oxygen atoms in total. The van der Waals surface area contributed by atoms with Crippen molar-refractivity contribution in [2.75, 3.05) is 31.3 Å². The summed E-state index contributed by atoms with van der Waals surface area (Å²) in [5.41, 5.74) is 2.71. The van der Waals surface area contributed by atoms with Crippen LogP contribution in [0.3, 0.4) is 0 Å². The fourth-order valence-electron chi connectivity index (χ4n) is 5.24. The van der Waals surface area contributed by atoms with Gasteiger partial charge in [0.25, 0.3) is 0 Å². The van der Waals surface area contributed by atoms with E-state index >= 15 is 0 Å². The van der Waals surface area contributed by atoms with E-state index in [9.17, 15) is 0 Å². The maximum Gasteiger partial charge on any atom is 0.167 e. The highest BCUT2D eigenvalue weighted by Crippen LogP contribution is 2.38. The monoisotopic (exact) mass is 730 g/mol. The number of thiocarbonyl (C=S) groups is 2. The lowest BCUT2D eigenvalue weighted by atomic mass is 9.89. The molecule has 2 aliphatic rings. The molecule has 0 saturated carbocycles. The van der Waals surface area contributed by atoms with Crippen molar-refractivity contribution >= 4 is 108 Å². The molecular formula is C29H42N6S8. The molecule has 2 aliphatic heterocycles. The van der Waals surface area contributed by atoms with Gasteiger partial charge in [-0.05, 0) is 84.2 Å². The summed E-state index contributed by atoms with van der Waals surface area (Å²) in [6, 6.07) is 4.26. The second-order valence-electron chi connectivity index (χ2n) is 12.5. The average Bonchev–Trinajstić information content (AvgIpc) is 3.58. The van der Waals surface area contributed by atoms with E-state index in [-0.39, 0.29) is 10.8 Å². The van der Waals surface area contributed by atoms with Gasteiger partial charge in [-0.15, -0.1) is 48.8 Å². The highest BCUT2D eigenvalue weighted by atomic mass is 32.2. The lowest BCUT2D eigenvalue weighted by molar-refractivity contribution is 0.271. The molecule has 4 rings (SSSR count). The SMILES string of the molecule is CC(C)(CCNC(=S)NCNC(=S)NCCC(C)(C)Cn1c(S)c2c(cc1=S)SCC2)Cn1c(S)c2c(cc1=S)SCC2. The van der Waals surface area contributed by atoms with Crippen LogP contribution in [0.4, 0.5) is 0 Å². The first kappa shape index (κ1) is 35.4. The van der Waals surface area contributed by atoms with Crippen LogP contribution in [-0.4, -0.2) is 50.6 Å². The number of fused-ring (bicyclic) bond motifs is 2. The summed E-state index contributed by atoms with van der Waals surface area (Å²) in [6.45, 7) is 12.6. The molecule has 0 spiro atoms. The van der Waals surface area contributed by atoms with Gasteiger partial charge in [0, 0.05) is 47.5 Å². The highest BCUT2D eigenvalue weighted by Gasteiger charge is 2.24. The molecule has 43 heavy (non-hydrogen) atoms. The Kier molecular flexibility index (Phi) is 12.7. The normalized spacial score (nSPS) is 14.3. The first-order valence-corrected chi connectivity index (χ1v) is 19.0. The predicted octanol–water partition coefficient (Wildman–Crippen LogP) is 7.04. The maximum absolute atomic E-state index is 5.69. The zero-order valence-electron chi connectivity index (χ0n) is 25.2. The van der Waals surface area contributed by atoms with Crippen LogP contribution in [0.25, 0.3) is 0 Å². The van der Waals surface area contributed by atoms with E-state index in [0.29, 0.717) is 16.9 Å². The minimum atomic E-state index is 0.0231. The fourth-order valence-corrected chi connectivity index (χ4v) is 9.58. The first-order chi connectivity index (χ1) is 20.3. The third-order valence-corrected chi connectivity index (χ3v) is 12.2. The molecule has 0 fully saturated rings. The summed E-state index contributed by atoms with van der Waals surface area (Å²) in [7, 11) is 0. The van der Waals surface area contributed by atoms with Gasteiger partial charge in [-0.25, -0.2) is 0 Å². The van der Waals surface area contributed by atoms with Crippen molar-refractivity contribution in [1.82, 2.24) is 30.4 Å². The van der Waals surface area contributed by atoms with Gasteiger partial charge < -0.3 is 30.4 Å². The second kappa shape index (κ2) is 15.4. The Morgan fingerprint density at radius 2 is 1.14 bits per heavy atom. The molecule has 0 radical (unpaired) electrons. The van der Waals surface area contributed by atoms with Crippen LogP contribution in [0.1, 0.15) is 51.7 Å². The van der Waals surface area contributed by atoms with Gasteiger partial charge in [-0.1, -0.05) is 52.1 Å². The largest absolute Gasteiger partial charge is 0.363 e. The molecule has 236 valence electrons. The van der Waals surface area contributed by atoms with Gasteiger partial charge >= 0.3 is 0 Å². The average molecular weight is 731 g/mol. The molecular weight excluding hydrogens is 689 g/mol. The topological polar surface area (TPSA) is 58.0 Å². The first-order valence-electron chi connectivity index (χ1n) is 14.5. The summed E-state index contributed by atoms with van der Waals surface area (Å²) in [4.78, 5) is 2.58. The third kappa shape index (κ3) is 9.76. The van der Waals surface area contributed by atoms with E-state index in [1.807, 2.05) is 23.5 Å². The van der Waals surface area contributed by atoms with E-state index in [0.717, 1.165) is 82.7 Å². The molecule has 4 N–H and O–H groups in total. The van der Waals surface area contributed by atoms with Crippen LogP contribution < -0.4 is 21.3 Å². The Morgan fingerprint density at radius 1 is 0.744 bits per heavy atom.